The van der Waals surface area contributed by atoms with E-state index in [4.69, 9.17) is 4.74 Å². The summed E-state index contributed by atoms with van der Waals surface area (Å²) in [5, 5.41) is 6.31. The maximum Gasteiger partial charge on any atom is 0.262 e. The highest BCUT2D eigenvalue weighted by molar-refractivity contribution is 6.27. The highest BCUT2D eigenvalue weighted by atomic mass is 16.5. The molecule has 2 heterocycles. The second-order valence-corrected chi connectivity index (χ2v) is 9.27. The average molecular weight is 494 g/mol. The number of nitrogens with zero attached hydrogens (tertiary/aromatic N) is 1. The van der Waals surface area contributed by atoms with Crippen LogP contribution in [0.25, 0.3) is 10.8 Å². The summed E-state index contributed by atoms with van der Waals surface area (Å²) in [7, 11) is 0. The molecule has 190 valence electrons. The van der Waals surface area contributed by atoms with Crippen molar-refractivity contribution in [3.63, 3.8) is 0 Å². The van der Waals surface area contributed by atoms with Gasteiger partial charge in [0.25, 0.3) is 11.8 Å². The molecule has 1 saturated heterocycles. The van der Waals surface area contributed by atoms with Crippen LogP contribution in [-0.4, -0.2) is 53.6 Å². The van der Waals surface area contributed by atoms with Gasteiger partial charge in [0, 0.05) is 30.8 Å². The Bertz CT molecular complexity index is 1210. The van der Waals surface area contributed by atoms with Gasteiger partial charge < -0.3 is 10.1 Å². The van der Waals surface area contributed by atoms with E-state index in [1.54, 1.807) is 18.2 Å². The summed E-state index contributed by atoms with van der Waals surface area (Å²) in [5.41, 5.74) is 0.679. The van der Waals surface area contributed by atoms with Crippen molar-refractivity contribution < 1.29 is 28.7 Å². The molecular formula is C27H31N3O6. The third-order valence-corrected chi connectivity index (χ3v) is 6.58. The van der Waals surface area contributed by atoms with E-state index in [2.05, 4.69) is 10.6 Å². The van der Waals surface area contributed by atoms with E-state index in [1.165, 1.54) is 6.92 Å². The standard InChI is InChI=1S/C27H31N3O6/c1-17(31)28-13-6-4-2-3-5-7-14-36-19-15-18-9-8-10-20-24(18)21(16-19)27(35)30(26(20)34)22-11-12-23(32)29-25(22)33/h8-10,15-16,22H,2-7,11-14H2,1H3,(H,28,31)(H,29,32,33). The number of hydrogen-bond donors (Lipinski definition) is 2. The van der Waals surface area contributed by atoms with Gasteiger partial charge in [0.2, 0.25) is 17.7 Å². The zero-order chi connectivity index (χ0) is 25.7. The Balaban J connectivity index is 1.39. The van der Waals surface area contributed by atoms with Crippen molar-refractivity contribution in [3.05, 3.63) is 41.5 Å². The number of amides is 5. The van der Waals surface area contributed by atoms with Crippen molar-refractivity contribution in [2.45, 2.75) is 64.3 Å². The van der Waals surface area contributed by atoms with Gasteiger partial charge >= 0.3 is 0 Å². The number of carbonyl (C=O) groups excluding carboxylic acids is 5. The van der Waals surface area contributed by atoms with Gasteiger partial charge in [-0.2, -0.15) is 0 Å². The molecule has 0 spiro atoms. The third-order valence-electron chi connectivity index (χ3n) is 6.58. The van der Waals surface area contributed by atoms with Gasteiger partial charge in [-0.05, 0) is 42.8 Å². The molecule has 2 aromatic carbocycles. The molecule has 5 amide bonds. The number of unbranched alkanes of at least 4 members (excludes halogenated alkanes) is 5. The maximum atomic E-state index is 13.4. The van der Waals surface area contributed by atoms with Gasteiger partial charge in [-0.1, -0.05) is 37.8 Å². The topological polar surface area (TPSA) is 122 Å². The largest absolute Gasteiger partial charge is 0.494 e. The van der Waals surface area contributed by atoms with Gasteiger partial charge in [-0.15, -0.1) is 0 Å². The summed E-state index contributed by atoms with van der Waals surface area (Å²) in [6.45, 7) is 2.74. The van der Waals surface area contributed by atoms with Crippen LogP contribution in [0.3, 0.4) is 0 Å². The Labute approximate surface area is 209 Å². The first-order chi connectivity index (χ1) is 17.4. The van der Waals surface area contributed by atoms with Crippen LogP contribution in [0.4, 0.5) is 0 Å². The SMILES string of the molecule is CC(=O)NCCCCCCCCOc1cc2c3c(cccc3c1)C(=O)N(C1CCC(=O)NC1=O)C2=O. The van der Waals surface area contributed by atoms with E-state index in [1.807, 2.05) is 12.1 Å². The fourth-order valence-electron chi connectivity index (χ4n) is 4.78. The van der Waals surface area contributed by atoms with Crippen LogP contribution in [0.5, 0.6) is 5.75 Å². The van der Waals surface area contributed by atoms with Crippen molar-refractivity contribution in [3.8, 4) is 5.75 Å². The smallest absolute Gasteiger partial charge is 0.262 e. The van der Waals surface area contributed by atoms with Crippen molar-refractivity contribution in [2.24, 2.45) is 0 Å². The normalized spacial score (nSPS) is 17.4. The molecule has 2 aliphatic rings. The van der Waals surface area contributed by atoms with E-state index >= 15 is 0 Å². The number of benzene rings is 2. The predicted molar refractivity (Wildman–Crippen MR) is 133 cm³/mol. The number of carbonyl (C=O) groups is 5. The van der Waals surface area contributed by atoms with Gasteiger partial charge in [-0.25, -0.2) is 0 Å². The second-order valence-electron chi connectivity index (χ2n) is 9.27. The zero-order valence-electron chi connectivity index (χ0n) is 20.4. The number of imide groups is 2. The van der Waals surface area contributed by atoms with E-state index in [0.717, 1.165) is 55.4 Å². The lowest BCUT2D eigenvalue weighted by Crippen LogP contribution is -2.57. The molecule has 0 bridgehead atoms. The molecule has 1 unspecified atom stereocenters. The molecule has 9 nitrogen and oxygen atoms in total. The van der Waals surface area contributed by atoms with Crippen LogP contribution < -0.4 is 15.4 Å². The van der Waals surface area contributed by atoms with E-state index in [0.29, 0.717) is 28.9 Å². The highest BCUT2D eigenvalue weighted by Crippen LogP contribution is 2.35. The lowest BCUT2D eigenvalue weighted by molar-refractivity contribution is -0.136. The molecule has 1 fully saturated rings. The second kappa shape index (κ2) is 11.3. The van der Waals surface area contributed by atoms with E-state index in [9.17, 15) is 24.0 Å². The number of ether oxygens (including phenoxy) is 1. The minimum absolute atomic E-state index is 0.00295. The van der Waals surface area contributed by atoms with Crippen LogP contribution in [0.1, 0.15) is 79.0 Å². The average Bonchev–Trinajstić information content (AvgIpc) is 2.84. The van der Waals surface area contributed by atoms with Crippen molar-refractivity contribution >= 4 is 40.3 Å². The monoisotopic (exact) mass is 493 g/mol. The minimum atomic E-state index is -1.02. The molecule has 0 aromatic heterocycles. The Kier molecular flexibility index (Phi) is 7.97. The number of nitrogens with one attached hydrogen (secondary N) is 2. The number of hydrogen-bond acceptors (Lipinski definition) is 6. The first-order valence-electron chi connectivity index (χ1n) is 12.5. The van der Waals surface area contributed by atoms with Crippen LogP contribution >= 0.6 is 0 Å². The summed E-state index contributed by atoms with van der Waals surface area (Å²) in [5.74, 6) is -1.58. The molecular weight excluding hydrogens is 462 g/mol. The lowest BCUT2D eigenvalue weighted by atomic mass is 9.91. The number of piperidine rings is 1. The molecule has 2 N–H and O–H groups in total. The summed E-state index contributed by atoms with van der Waals surface area (Å²) < 4.78 is 5.96. The highest BCUT2D eigenvalue weighted by Gasteiger charge is 2.42. The van der Waals surface area contributed by atoms with Crippen LogP contribution in [0.15, 0.2) is 30.3 Å². The summed E-state index contributed by atoms with van der Waals surface area (Å²) >= 11 is 0. The summed E-state index contributed by atoms with van der Waals surface area (Å²) in [4.78, 5) is 62.4. The van der Waals surface area contributed by atoms with E-state index < -0.39 is 29.7 Å². The fraction of sp³-hybridized carbons (Fsp3) is 0.444. The number of rotatable bonds is 11. The van der Waals surface area contributed by atoms with E-state index in [-0.39, 0.29) is 18.7 Å². The lowest BCUT2D eigenvalue weighted by Gasteiger charge is -2.34. The Morgan fingerprint density at radius 1 is 1.00 bits per heavy atom. The molecule has 2 aliphatic heterocycles. The van der Waals surface area contributed by atoms with Gasteiger partial charge in [-0.3, -0.25) is 34.2 Å². The van der Waals surface area contributed by atoms with Gasteiger partial charge in [0.1, 0.15) is 11.8 Å². The zero-order valence-corrected chi connectivity index (χ0v) is 20.4. The molecule has 9 heteroatoms. The molecule has 4 rings (SSSR count). The summed E-state index contributed by atoms with van der Waals surface area (Å²) in [6, 6.07) is 7.67. The van der Waals surface area contributed by atoms with Crippen molar-refractivity contribution in [1.29, 1.82) is 0 Å². The molecule has 0 aliphatic carbocycles. The third kappa shape index (κ3) is 5.56. The van der Waals surface area contributed by atoms with Gasteiger partial charge in [0.05, 0.1) is 12.2 Å². The minimum Gasteiger partial charge on any atom is -0.494 e. The van der Waals surface area contributed by atoms with Gasteiger partial charge in [0.15, 0.2) is 0 Å². The Morgan fingerprint density at radius 2 is 1.72 bits per heavy atom. The molecule has 0 saturated carbocycles. The molecule has 1 atom stereocenters. The fourth-order valence-corrected chi connectivity index (χ4v) is 4.78. The molecule has 0 radical (unpaired) electrons. The summed E-state index contributed by atoms with van der Waals surface area (Å²) in [6.07, 6.45) is 6.29. The van der Waals surface area contributed by atoms with Crippen molar-refractivity contribution in [1.82, 2.24) is 15.5 Å². The first-order valence-corrected chi connectivity index (χ1v) is 12.5. The maximum absolute atomic E-state index is 13.4. The first kappa shape index (κ1) is 25.3. The quantitative estimate of drug-likeness (QED) is 0.366. The van der Waals surface area contributed by atoms with Crippen LogP contribution in [0, 0.1) is 0 Å². The van der Waals surface area contributed by atoms with Crippen LogP contribution in [0.2, 0.25) is 0 Å². The van der Waals surface area contributed by atoms with Crippen LogP contribution in [-0.2, 0) is 14.4 Å². The van der Waals surface area contributed by atoms with Crippen molar-refractivity contribution in [2.75, 3.05) is 13.2 Å². The molecule has 36 heavy (non-hydrogen) atoms. The predicted octanol–water partition coefficient (Wildman–Crippen LogP) is 3.10. The Hall–Kier alpha value is -3.75. The Morgan fingerprint density at radius 3 is 2.47 bits per heavy atom. The molecule has 2 aromatic rings.